The van der Waals surface area contributed by atoms with E-state index in [0.29, 0.717) is 38.4 Å². The highest BCUT2D eigenvalue weighted by atomic mass is 35.5. The van der Waals surface area contributed by atoms with Gasteiger partial charge in [-0.05, 0) is 49.2 Å². The number of rotatable bonds is 8. The molecule has 1 aromatic heterocycles. The van der Waals surface area contributed by atoms with Crippen molar-refractivity contribution in [3.63, 3.8) is 0 Å². The van der Waals surface area contributed by atoms with Crippen LogP contribution in [0.3, 0.4) is 0 Å². The lowest BCUT2D eigenvalue weighted by molar-refractivity contribution is -0.119. The van der Waals surface area contributed by atoms with Gasteiger partial charge in [-0.25, -0.2) is 0 Å². The standard InChI is InChI=1S/C21H19Cl2N5O3S/c22-14-7-5-13(6-8-14)20(30)26-25-19(29)12-32-21-27-24-18(28(21)15-9-10-15)11-31-17-4-2-1-3-16(17)23/h1-8,15H,9-12H2,(H,25,29)(H,26,30). The molecule has 32 heavy (non-hydrogen) atoms. The van der Waals surface area contributed by atoms with Gasteiger partial charge in [-0.15, -0.1) is 10.2 Å². The molecule has 1 aliphatic carbocycles. The average molecular weight is 492 g/mol. The van der Waals surface area contributed by atoms with E-state index in [9.17, 15) is 9.59 Å². The van der Waals surface area contributed by atoms with E-state index in [4.69, 9.17) is 27.9 Å². The number of nitrogens with zero attached hydrogens (tertiary/aromatic N) is 3. The molecular formula is C21H19Cl2N5O3S. The van der Waals surface area contributed by atoms with Gasteiger partial charge in [-0.3, -0.25) is 25.0 Å². The van der Waals surface area contributed by atoms with E-state index in [1.165, 1.54) is 11.8 Å². The summed E-state index contributed by atoms with van der Waals surface area (Å²) < 4.78 is 7.80. The van der Waals surface area contributed by atoms with Gasteiger partial charge in [0, 0.05) is 16.6 Å². The highest BCUT2D eigenvalue weighted by molar-refractivity contribution is 7.99. The van der Waals surface area contributed by atoms with Gasteiger partial charge in [0.1, 0.15) is 12.4 Å². The minimum absolute atomic E-state index is 0.0666. The fourth-order valence-electron chi connectivity index (χ4n) is 2.87. The average Bonchev–Trinajstić information content (AvgIpc) is 3.55. The molecule has 0 bridgehead atoms. The van der Waals surface area contributed by atoms with E-state index in [1.54, 1.807) is 36.4 Å². The number of thioether (sulfide) groups is 1. The van der Waals surface area contributed by atoms with Gasteiger partial charge in [0.15, 0.2) is 11.0 Å². The van der Waals surface area contributed by atoms with Gasteiger partial charge in [0.2, 0.25) is 5.91 Å². The van der Waals surface area contributed by atoms with Crippen molar-refractivity contribution in [2.75, 3.05) is 5.75 Å². The maximum absolute atomic E-state index is 12.2. The molecule has 0 unspecified atom stereocenters. The number of benzene rings is 2. The van der Waals surface area contributed by atoms with Crippen LogP contribution >= 0.6 is 35.0 Å². The first kappa shape index (κ1) is 22.4. The van der Waals surface area contributed by atoms with Crippen LogP contribution in [0.15, 0.2) is 53.7 Å². The van der Waals surface area contributed by atoms with Crippen LogP contribution in [0.5, 0.6) is 5.75 Å². The van der Waals surface area contributed by atoms with Crippen LogP contribution in [0, 0.1) is 0 Å². The third kappa shape index (κ3) is 5.73. The molecule has 11 heteroatoms. The molecular weight excluding hydrogens is 473 g/mol. The van der Waals surface area contributed by atoms with E-state index < -0.39 is 5.91 Å². The largest absolute Gasteiger partial charge is 0.484 e. The molecule has 1 fully saturated rings. The van der Waals surface area contributed by atoms with Crippen molar-refractivity contribution in [2.24, 2.45) is 0 Å². The lowest BCUT2D eigenvalue weighted by Crippen LogP contribution is -2.42. The molecule has 0 spiro atoms. The first-order valence-corrected chi connectivity index (χ1v) is 11.5. The van der Waals surface area contributed by atoms with Crippen molar-refractivity contribution in [2.45, 2.75) is 30.6 Å². The Hall–Kier alpha value is -2.75. The molecule has 0 radical (unpaired) electrons. The molecule has 0 atom stereocenters. The number of ether oxygens (including phenoxy) is 1. The predicted octanol–water partition coefficient (Wildman–Crippen LogP) is 4.05. The number of nitrogens with one attached hydrogen (secondary N) is 2. The summed E-state index contributed by atoms with van der Waals surface area (Å²) >= 11 is 13.2. The van der Waals surface area contributed by atoms with E-state index in [0.717, 1.165) is 12.8 Å². The second kappa shape index (κ2) is 10.2. The number of amides is 2. The number of carbonyl (C=O) groups excluding carboxylic acids is 2. The zero-order chi connectivity index (χ0) is 22.5. The Labute approximate surface area is 198 Å². The van der Waals surface area contributed by atoms with Crippen LogP contribution in [0.2, 0.25) is 10.0 Å². The van der Waals surface area contributed by atoms with Crippen molar-refractivity contribution in [1.29, 1.82) is 0 Å². The summed E-state index contributed by atoms with van der Waals surface area (Å²) in [5, 5.41) is 10.1. The third-order valence-corrected chi connectivity index (χ3v) is 6.10. The van der Waals surface area contributed by atoms with Gasteiger partial charge in [-0.1, -0.05) is 47.1 Å². The fourth-order valence-corrected chi connectivity index (χ4v) is 4.01. The van der Waals surface area contributed by atoms with Crippen LogP contribution in [0.4, 0.5) is 0 Å². The van der Waals surface area contributed by atoms with E-state index in [1.807, 2.05) is 16.7 Å². The minimum Gasteiger partial charge on any atom is -0.484 e. The summed E-state index contributed by atoms with van der Waals surface area (Å²) in [5.41, 5.74) is 5.17. The Morgan fingerprint density at radius 1 is 1.06 bits per heavy atom. The highest BCUT2D eigenvalue weighted by Crippen LogP contribution is 2.39. The number of aromatic nitrogens is 3. The van der Waals surface area contributed by atoms with E-state index >= 15 is 0 Å². The van der Waals surface area contributed by atoms with Crippen LogP contribution < -0.4 is 15.6 Å². The normalized spacial score (nSPS) is 12.9. The molecule has 1 aliphatic rings. The molecule has 8 nitrogen and oxygen atoms in total. The number of hydrogen-bond acceptors (Lipinski definition) is 6. The van der Waals surface area contributed by atoms with Gasteiger partial charge < -0.3 is 4.74 Å². The summed E-state index contributed by atoms with van der Waals surface area (Å²) in [4.78, 5) is 24.3. The van der Waals surface area contributed by atoms with Crippen LogP contribution in [-0.2, 0) is 11.4 Å². The lowest BCUT2D eigenvalue weighted by Gasteiger charge is -2.11. The van der Waals surface area contributed by atoms with Crippen molar-refractivity contribution in [1.82, 2.24) is 25.6 Å². The van der Waals surface area contributed by atoms with Crippen molar-refractivity contribution in [3.8, 4) is 5.75 Å². The number of hydrazine groups is 1. The van der Waals surface area contributed by atoms with Gasteiger partial charge >= 0.3 is 0 Å². The highest BCUT2D eigenvalue weighted by Gasteiger charge is 2.30. The quantitative estimate of drug-likeness (QED) is 0.364. The smallest absolute Gasteiger partial charge is 0.269 e. The number of para-hydroxylation sites is 1. The van der Waals surface area contributed by atoms with Gasteiger partial charge in [0.25, 0.3) is 5.91 Å². The zero-order valence-electron chi connectivity index (χ0n) is 16.8. The van der Waals surface area contributed by atoms with Crippen LogP contribution in [0.25, 0.3) is 0 Å². The Morgan fingerprint density at radius 2 is 1.81 bits per heavy atom. The topological polar surface area (TPSA) is 98.1 Å². The van der Waals surface area contributed by atoms with Gasteiger partial charge in [-0.2, -0.15) is 0 Å². The van der Waals surface area contributed by atoms with Crippen molar-refractivity contribution < 1.29 is 14.3 Å². The molecule has 0 aliphatic heterocycles. The monoisotopic (exact) mass is 491 g/mol. The first-order valence-electron chi connectivity index (χ1n) is 9.80. The molecule has 2 amide bonds. The molecule has 166 valence electrons. The second-order valence-corrected chi connectivity index (χ2v) is 8.80. The molecule has 3 aromatic rings. The van der Waals surface area contributed by atoms with E-state index in [2.05, 4.69) is 21.0 Å². The summed E-state index contributed by atoms with van der Waals surface area (Å²) in [7, 11) is 0. The maximum Gasteiger partial charge on any atom is 0.269 e. The Balaban J connectivity index is 1.31. The summed E-state index contributed by atoms with van der Waals surface area (Å²) in [6.07, 6.45) is 2.04. The minimum atomic E-state index is -0.430. The number of hydrogen-bond donors (Lipinski definition) is 2. The summed E-state index contributed by atoms with van der Waals surface area (Å²) in [6.45, 7) is 0.219. The molecule has 1 heterocycles. The van der Waals surface area contributed by atoms with Crippen LogP contribution in [0.1, 0.15) is 35.1 Å². The van der Waals surface area contributed by atoms with Crippen LogP contribution in [-0.4, -0.2) is 32.3 Å². The third-order valence-electron chi connectivity index (χ3n) is 4.59. The lowest BCUT2D eigenvalue weighted by atomic mass is 10.2. The Morgan fingerprint density at radius 3 is 2.53 bits per heavy atom. The van der Waals surface area contributed by atoms with Gasteiger partial charge in [0.05, 0.1) is 10.8 Å². The molecule has 4 rings (SSSR count). The summed E-state index contributed by atoms with van der Waals surface area (Å²) in [5.74, 6) is 0.518. The molecule has 2 aromatic carbocycles. The second-order valence-electron chi connectivity index (χ2n) is 7.02. The molecule has 1 saturated carbocycles. The number of carbonyl (C=O) groups is 2. The number of halogens is 2. The maximum atomic E-state index is 12.2. The summed E-state index contributed by atoms with van der Waals surface area (Å²) in [6, 6.07) is 13.9. The van der Waals surface area contributed by atoms with Crippen molar-refractivity contribution >= 4 is 46.8 Å². The zero-order valence-corrected chi connectivity index (χ0v) is 19.1. The fraction of sp³-hybridized carbons (Fsp3) is 0.238. The molecule has 0 saturated heterocycles. The Kier molecular flexibility index (Phi) is 7.19. The Bertz CT molecular complexity index is 1120. The molecule has 2 N–H and O–H groups in total. The van der Waals surface area contributed by atoms with Crippen molar-refractivity contribution in [3.05, 3.63) is 70.0 Å². The first-order chi connectivity index (χ1) is 15.5. The SMILES string of the molecule is O=C(CSc1nnc(COc2ccccc2Cl)n1C1CC1)NNC(=O)c1ccc(Cl)cc1. The van der Waals surface area contributed by atoms with E-state index in [-0.39, 0.29) is 18.3 Å². The predicted molar refractivity (Wildman–Crippen MR) is 122 cm³/mol.